The van der Waals surface area contributed by atoms with Crippen LogP contribution < -0.4 is 9.80 Å². The van der Waals surface area contributed by atoms with Gasteiger partial charge in [-0.2, -0.15) is 0 Å². The van der Waals surface area contributed by atoms with Gasteiger partial charge in [-0.1, -0.05) is 30.1 Å². The summed E-state index contributed by atoms with van der Waals surface area (Å²) in [4.78, 5) is 69.2. The average Bonchev–Trinajstić information content (AvgIpc) is 3.06. The van der Waals surface area contributed by atoms with Crippen LogP contribution in [-0.4, -0.2) is 126 Å². The normalized spacial score (nSPS) is 15.1. The van der Waals surface area contributed by atoms with Crippen LogP contribution in [0.3, 0.4) is 0 Å². The van der Waals surface area contributed by atoms with Crippen LogP contribution in [0.15, 0.2) is 24.5 Å². The molecular formula is C35H51Cl2N7O7. The number of Topliss-reactive ketones (excluding diaryl/α,β-unsaturated/α-hetero) is 1. The maximum atomic E-state index is 12.1. The first-order valence-corrected chi connectivity index (χ1v) is 17.7. The summed E-state index contributed by atoms with van der Waals surface area (Å²) in [6.45, 7) is 17.6. The lowest BCUT2D eigenvalue weighted by molar-refractivity contribution is -0.0757. The molecule has 3 amide bonds. The van der Waals surface area contributed by atoms with Gasteiger partial charge in [0.25, 0.3) is 5.91 Å². The van der Waals surface area contributed by atoms with Crippen LogP contribution in [0, 0.1) is 0 Å². The van der Waals surface area contributed by atoms with Crippen LogP contribution in [0.1, 0.15) is 82.0 Å². The van der Waals surface area contributed by atoms with Crippen molar-refractivity contribution < 1.29 is 33.5 Å². The quantitative estimate of drug-likeness (QED) is 0.236. The van der Waals surface area contributed by atoms with Crippen LogP contribution in [0.5, 0.6) is 0 Å². The number of hydroxylamine groups is 2. The summed E-state index contributed by atoms with van der Waals surface area (Å²) in [5.41, 5.74) is -0.130. The van der Waals surface area contributed by atoms with Crippen LogP contribution in [0.2, 0.25) is 10.0 Å². The molecule has 2 fully saturated rings. The zero-order valence-corrected chi connectivity index (χ0v) is 32.6. The third-order valence-corrected chi connectivity index (χ3v) is 8.27. The maximum Gasteiger partial charge on any atom is 0.410 e. The lowest BCUT2D eigenvalue weighted by Gasteiger charge is -2.36. The van der Waals surface area contributed by atoms with Crippen LogP contribution in [0.4, 0.5) is 21.2 Å². The van der Waals surface area contributed by atoms with Crippen molar-refractivity contribution in [3.63, 3.8) is 0 Å². The molecule has 0 saturated carbocycles. The predicted octanol–water partition coefficient (Wildman–Crippen LogP) is 6.20. The van der Waals surface area contributed by atoms with Gasteiger partial charge in [0.1, 0.15) is 22.8 Å². The summed E-state index contributed by atoms with van der Waals surface area (Å²) in [5.74, 6) is 0.965. The molecule has 16 heteroatoms. The topological polar surface area (TPSA) is 138 Å². The first-order valence-electron chi connectivity index (χ1n) is 17.0. The van der Waals surface area contributed by atoms with E-state index in [0.717, 1.165) is 11.5 Å². The molecule has 0 unspecified atom stereocenters. The molecule has 282 valence electrons. The number of pyridine rings is 2. The minimum Gasteiger partial charge on any atom is -0.444 e. The van der Waals surface area contributed by atoms with Crippen molar-refractivity contribution >= 4 is 58.7 Å². The lowest BCUT2D eigenvalue weighted by Crippen LogP contribution is -2.50. The second kappa shape index (κ2) is 18.1. The number of anilines is 2. The zero-order valence-electron chi connectivity index (χ0n) is 31.1. The second-order valence-corrected chi connectivity index (χ2v) is 14.9. The smallest absolute Gasteiger partial charge is 0.410 e. The van der Waals surface area contributed by atoms with Crippen molar-refractivity contribution in [2.75, 3.05) is 76.3 Å². The highest BCUT2D eigenvalue weighted by molar-refractivity contribution is 6.33. The Labute approximate surface area is 310 Å². The van der Waals surface area contributed by atoms with Gasteiger partial charge in [-0.3, -0.25) is 14.4 Å². The third-order valence-electron chi connectivity index (χ3n) is 7.71. The maximum absolute atomic E-state index is 12.1. The number of ketones is 1. The Morgan fingerprint density at radius 2 is 1.12 bits per heavy atom. The molecule has 2 saturated heterocycles. The summed E-state index contributed by atoms with van der Waals surface area (Å²) >= 11 is 12.7. The molecule has 51 heavy (non-hydrogen) atoms. The molecule has 0 N–H and O–H groups in total. The zero-order chi connectivity index (χ0) is 38.1. The number of ether oxygens (including phenoxy) is 2. The first-order chi connectivity index (χ1) is 23.8. The Balaban J connectivity index is 0.000000276. The number of nitrogens with zero attached hydrogens (tertiary/aromatic N) is 7. The molecule has 0 spiro atoms. The molecule has 2 aromatic rings. The van der Waals surface area contributed by atoms with E-state index in [1.807, 2.05) is 58.3 Å². The van der Waals surface area contributed by atoms with E-state index in [9.17, 15) is 19.2 Å². The average molecular weight is 753 g/mol. The van der Waals surface area contributed by atoms with Crippen molar-refractivity contribution in [1.29, 1.82) is 0 Å². The summed E-state index contributed by atoms with van der Waals surface area (Å²) in [6, 6.07) is 3.25. The van der Waals surface area contributed by atoms with Gasteiger partial charge in [0.2, 0.25) is 0 Å². The molecular weight excluding hydrogens is 701 g/mol. The van der Waals surface area contributed by atoms with Crippen LogP contribution in [-0.2, 0) is 14.3 Å². The molecule has 4 rings (SSSR count). The monoisotopic (exact) mass is 751 g/mol. The van der Waals surface area contributed by atoms with E-state index < -0.39 is 11.2 Å². The summed E-state index contributed by atoms with van der Waals surface area (Å²) in [5, 5.41) is 1.95. The molecule has 0 bridgehead atoms. The molecule has 14 nitrogen and oxygen atoms in total. The van der Waals surface area contributed by atoms with Gasteiger partial charge in [0.05, 0.1) is 22.7 Å². The van der Waals surface area contributed by atoms with Crippen LogP contribution in [0.25, 0.3) is 0 Å². The molecule has 2 aliphatic heterocycles. The number of hydrogen-bond acceptors (Lipinski definition) is 11. The van der Waals surface area contributed by atoms with Gasteiger partial charge in [-0.05, 0) is 60.1 Å². The van der Waals surface area contributed by atoms with Crippen molar-refractivity contribution in [2.24, 2.45) is 0 Å². The molecule has 4 heterocycles. The number of halogens is 2. The number of carbonyl (C=O) groups is 4. The van der Waals surface area contributed by atoms with Crippen LogP contribution >= 0.6 is 23.2 Å². The van der Waals surface area contributed by atoms with E-state index in [4.69, 9.17) is 37.5 Å². The van der Waals surface area contributed by atoms with Gasteiger partial charge in [-0.15, -0.1) is 0 Å². The molecule has 2 aliphatic rings. The molecule has 0 aromatic carbocycles. The first kappa shape index (κ1) is 41.5. The molecule has 0 atom stereocenters. The molecule has 2 aromatic heterocycles. The van der Waals surface area contributed by atoms with Gasteiger partial charge in [0, 0.05) is 83.8 Å². The Hall–Kier alpha value is -3.88. The minimum atomic E-state index is -0.517. The van der Waals surface area contributed by atoms with Crippen molar-refractivity contribution in [3.05, 3.63) is 45.7 Å². The van der Waals surface area contributed by atoms with E-state index in [2.05, 4.69) is 9.97 Å². The second-order valence-electron chi connectivity index (χ2n) is 14.1. The largest absolute Gasteiger partial charge is 0.444 e. The highest BCUT2D eigenvalue weighted by Gasteiger charge is 2.29. The fraction of sp³-hybridized carbons (Fsp3) is 0.600. The Bertz CT molecular complexity index is 1530. The standard InChI is InChI=1S/C18H26ClN3O3.C17H25ClN4O4/c1-5-6-15(23)13-11-14(19)16(20-12-13)21-7-9-22(10-8-21)17(24)25-18(2,3)4;1-17(2,3)26-16(24)22-8-6-21(7-9-22)14-13(18)10-12(11-19-14)15(23)20(4)25-5/h11-12H,5-10H2,1-4H3;10-11H,6-9H2,1-5H3. The highest BCUT2D eigenvalue weighted by atomic mass is 35.5. The van der Waals surface area contributed by atoms with E-state index in [1.54, 1.807) is 28.1 Å². The number of carbonyl (C=O) groups excluding carboxylic acids is 4. The summed E-state index contributed by atoms with van der Waals surface area (Å²) in [6.07, 6.45) is 3.72. The van der Waals surface area contributed by atoms with Crippen molar-refractivity contribution in [1.82, 2.24) is 24.8 Å². The Kier molecular flexibility index (Phi) is 14.7. The lowest BCUT2D eigenvalue weighted by atomic mass is 10.1. The number of hydrogen-bond donors (Lipinski definition) is 0. The van der Waals surface area contributed by atoms with E-state index in [1.165, 1.54) is 20.4 Å². The fourth-order valence-electron chi connectivity index (χ4n) is 5.09. The Morgan fingerprint density at radius 3 is 1.47 bits per heavy atom. The van der Waals surface area contributed by atoms with E-state index in [-0.39, 0.29) is 23.9 Å². The number of piperazine rings is 2. The third kappa shape index (κ3) is 12.4. The summed E-state index contributed by atoms with van der Waals surface area (Å²) in [7, 11) is 2.92. The molecule has 0 radical (unpaired) electrons. The van der Waals surface area contributed by atoms with E-state index >= 15 is 0 Å². The Morgan fingerprint density at radius 1 is 0.725 bits per heavy atom. The van der Waals surface area contributed by atoms with Gasteiger partial charge >= 0.3 is 12.2 Å². The highest BCUT2D eigenvalue weighted by Crippen LogP contribution is 2.27. The number of aromatic nitrogens is 2. The number of amides is 3. The summed E-state index contributed by atoms with van der Waals surface area (Å²) < 4.78 is 10.8. The van der Waals surface area contributed by atoms with Gasteiger partial charge in [0.15, 0.2) is 5.78 Å². The number of rotatable bonds is 7. The van der Waals surface area contributed by atoms with E-state index in [0.29, 0.717) is 91.6 Å². The molecule has 0 aliphatic carbocycles. The van der Waals surface area contributed by atoms with Gasteiger partial charge < -0.3 is 29.1 Å². The van der Waals surface area contributed by atoms with Crippen molar-refractivity contribution in [2.45, 2.75) is 72.5 Å². The fourth-order valence-corrected chi connectivity index (χ4v) is 5.66. The SMILES string of the molecule is CCCC(=O)c1cnc(N2CCN(C(=O)OC(C)(C)C)CC2)c(Cl)c1.CON(C)C(=O)c1cnc(N2CCN(C(=O)OC(C)(C)C)CC2)c(Cl)c1. The predicted molar refractivity (Wildman–Crippen MR) is 197 cm³/mol. The van der Waals surface area contributed by atoms with Gasteiger partial charge in [-0.25, -0.2) is 24.6 Å². The minimum absolute atomic E-state index is 0.0539. The van der Waals surface area contributed by atoms with Crippen molar-refractivity contribution in [3.8, 4) is 0 Å².